The molecule has 0 aliphatic rings. The molecule has 0 bridgehead atoms. The van der Waals surface area contributed by atoms with Crippen molar-refractivity contribution in [2.45, 2.75) is 6.04 Å². The van der Waals surface area contributed by atoms with Crippen LogP contribution in [0.4, 0.5) is 4.39 Å². The van der Waals surface area contributed by atoms with E-state index in [-0.39, 0.29) is 5.82 Å². The molecule has 2 rings (SSSR count). The molecule has 2 N–H and O–H groups in total. The fourth-order valence-corrected chi connectivity index (χ4v) is 1.97. The van der Waals surface area contributed by atoms with E-state index in [0.29, 0.717) is 5.56 Å². The molecule has 0 aliphatic heterocycles. The highest BCUT2D eigenvalue weighted by molar-refractivity contribution is 9.10. The molecule has 0 amide bonds. The number of nitrogens with two attached hydrogens (primary N) is 1. The molecule has 0 aromatic heterocycles. The molecular formula is C13H11BrFN. The van der Waals surface area contributed by atoms with Crippen molar-refractivity contribution < 1.29 is 4.39 Å². The zero-order valence-corrected chi connectivity index (χ0v) is 10.1. The molecule has 1 unspecified atom stereocenters. The highest BCUT2D eigenvalue weighted by atomic mass is 79.9. The average Bonchev–Trinajstić information content (AvgIpc) is 2.32. The van der Waals surface area contributed by atoms with Gasteiger partial charge in [-0.15, -0.1) is 0 Å². The lowest BCUT2D eigenvalue weighted by molar-refractivity contribution is 0.599. The Kier molecular flexibility index (Phi) is 3.36. The summed E-state index contributed by atoms with van der Waals surface area (Å²) in [6, 6.07) is 13.9. The molecule has 16 heavy (non-hydrogen) atoms. The lowest BCUT2D eigenvalue weighted by Gasteiger charge is -2.13. The SMILES string of the molecule is NC(c1ccccc1)c1cc(Br)ccc1F. The number of rotatable bonds is 2. The van der Waals surface area contributed by atoms with Crippen LogP contribution in [-0.2, 0) is 0 Å². The van der Waals surface area contributed by atoms with Crippen molar-refractivity contribution in [1.82, 2.24) is 0 Å². The van der Waals surface area contributed by atoms with Gasteiger partial charge in [-0.3, -0.25) is 0 Å². The molecule has 1 nitrogen and oxygen atoms in total. The fraction of sp³-hybridized carbons (Fsp3) is 0.0769. The molecule has 0 saturated heterocycles. The van der Waals surface area contributed by atoms with Crippen LogP contribution in [-0.4, -0.2) is 0 Å². The zero-order valence-electron chi connectivity index (χ0n) is 8.53. The van der Waals surface area contributed by atoms with E-state index < -0.39 is 6.04 Å². The average molecular weight is 280 g/mol. The van der Waals surface area contributed by atoms with Gasteiger partial charge in [0.15, 0.2) is 0 Å². The van der Waals surface area contributed by atoms with Crippen molar-refractivity contribution >= 4 is 15.9 Å². The van der Waals surface area contributed by atoms with Crippen LogP contribution in [0.1, 0.15) is 17.2 Å². The third kappa shape index (κ3) is 2.31. The molecule has 2 aromatic carbocycles. The Morgan fingerprint density at radius 2 is 1.75 bits per heavy atom. The highest BCUT2D eigenvalue weighted by Crippen LogP contribution is 2.24. The van der Waals surface area contributed by atoms with E-state index in [1.807, 2.05) is 30.3 Å². The van der Waals surface area contributed by atoms with Crippen LogP contribution < -0.4 is 5.73 Å². The topological polar surface area (TPSA) is 26.0 Å². The molecule has 0 heterocycles. The Labute approximate surface area is 102 Å². The van der Waals surface area contributed by atoms with Crippen molar-refractivity contribution in [3.8, 4) is 0 Å². The number of halogens is 2. The lowest BCUT2D eigenvalue weighted by Crippen LogP contribution is -2.13. The Morgan fingerprint density at radius 3 is 2.44 bits per heavy atom. The van der Waals surface area contributed by atoms with Crippen LogP contribution in [0.15, 0.2) is 53.0 Å². The van der Waals surface area contributed by atoms with Crippen LogP contribution >= 0.6 is 15.9 Å². The monoisotopic (exact) mass is 279 g/mol. The summed E-state index contributed by atoms with van der Waals surface area (Å²) in [7, 11) is 0. The standard InChI is InChI=1S/C13H11BrFN/c14-10-6-7-12(15)11(8-10)13(16)9-4-2-1-3-5-9/h1-8,13H,16H2. The largest absolute Gasteiger partial charge is 0.320 e. The number of hydrogen-bond acceptors (Lipinski definition) is 1. The van der Waals surface area contributed by atoms with E-state index >= 15 is 0 Å². The minimum Gasteiger partial charge on any atom is -0.320 e. The van der Waals surface area contributed by atoms with Gasteiger partial charge < -0.3 is 5.73 Å². The third-order valence-corrected chi connectivity index (χ3v) is 2.95. The maximum Gasteiger partial charge on any atom is 0.128 e. The Hall–Kier alpha value is -1.19. The quantitative estimate of drug-likeness (QED) is 0.893. The minimum atomic E-state index is -0.432. The van der Waals surface area contributed by atoms with Gasteiger partial charge in [0.1, 0.15) is 5.82 Å². The van der Waals surface area contributed by atoms with Crippen LogP contribution in [0.25, 0.3) is 0 Å². The van der Waals surface area contributed by atoms with E-state index in [2.05, 4.69) is 15.9 Å². The van der Waals surface area contributed by atoms with Crippen LogP contribution in [0.2, 0.25) is 0 Å². The molecule has 3 heteroatoms. The summed E-state index contributed by atoms with van der Waals surface area (Å²) in [5, 5.41) is 0. The number of hydrogen-bond donors (Lipinski definition) is 1. The second-order valence-electron chi connectivity index (χ2n) is 3.55. The van der Waals surface area contributed by atoms with Gasteiger partial charge in [0, 0.05) is 10.0 Å². The van der Waals surface area contributed by atoms with E-state index in [1.54, 1.807) is 12.1 Å². The van der Waals surface area contributed by atoms with Gasteiger partial charge in [0.25, 0.3) is 0 Å². The van der Waals surface area contributed by atoms with Crippen LogP contribution in [0, 0.1) is 5.82 Å². The summed E-state index contributed by atoms with van der Waals surface area (Å²) in [4.78, 5) is 0. The van der Waals surface area contributed by atoms with E-state index in [0.717, 1.165) is 10.0 Å². The molecule has 0 saturated carbocycles. The van der Waals surface area contributed by atoms with Crippen molar-refractivity contribution in [3.05, 3.63) is 69.9 Å². The summed E-state index contributed by atoms with van der Waals surface area (Å²) in [5.41, 5.74) is 7.43. The van der Waals surface area contributed by atoms with E-state index in [4.69, 9.17) is 5.73 Å². The van der Waals surface area contributed by atoms with Crippen LogP contribution in [0.5, 0.6) is 0 Å². The summed E-state index contributed by atoms with van der Waals surface area (Å²) in [6.45, 7) is 0. The second kappa shape index (κ2) is 4.76. The fourth-order valence-electron chi connectivity index (χ4n) is 1.59. The predicted octanol–water partition coefficient (Wildman–Crippen LogP) is 3.64. The normalized spacial score (nSPS) is 12.4. The molecule has 0 aliphatic carbocycles. The highest BCUT2D eigenvalue weighted by Gasteiger charge is 2.13. The first-order chi connectivity index (χ1) is 7.68. The van der Waals surface area contributed by atoms with Gasteiger partial charge in [0.05, 0.1) is 6.04 Å². The van der Waals surface area contributed by atoms with Crippen molar-refractivity contribution in [3.63, 3.8) is 0 Å². The number of benzene rings is 2. The van der Waals surface area contributed by atoms with E-state index in [1.165, 1.54) is 6.07 Å². The molecule has 0 fully saturated rings. The summed E-state index contributed by atoms with van der Waals surface area (Å²) in [5.74, 6) is -0.278. The molecule has 0 radical (unpaired) electrons. The third-order valence-electron chi connectivity index (χ3n) is 2.45. The Bertz CT molecular complexity index is 485. The minimum absolute atomic E-state index is 0.278. The molecule has 2 aromatic rings. The van der Waals surface area contributed by atoms with Gasteiger partial charge in [-0.05, 0) is 23.8 Å². The molecule has 82 valence electrons. The zero-order chi connectivity index (χ0) is 11.5. The Morgan fingerprint density at radius 1 is 1.06 bits per heavy atom. The van der Waals surface area contributed by atoms with Crippen molar-refractivity contribution in [1.29, 1.82) is 0 Å². The summed E-state index contributed by atoms with van der Waals surface area (Å²) < 4.78 is 14.4. The van der Waals surface area contributed by atoms with Crippen LogP contribution in [0.3, 0.4) is 0 Å². The first kappa shape index (κ1) is 11.3. The van der Waals surface area contributed by atoms with Gasteiger partial charge in [-0.2, -0.15) is 0 Å². The van der Waals surface area contributed by atoms with Gasteiger partial charge in [-0.1, -0.05) is 46.3 Å². The molecular weight excluding hydrogens is 269 g/mol. The van der Waals surface area contributed by atoms with Crippen molar-refractivity contribution in [2.24, 2.45) is 5.73 Å². The molecule has 0 spiro atoms. The smallest absolute Gasteiger partial charge is 0.128 e. The Balaban J connectivity index is 2.41. The summed E-state index contributed by atoms with van der Waals surface area (Å²) in [6.07, 6.45) is 0. The van der Waals surface area contributed by atoms with Gasteiger partial charge in [0.2, 0.25) is 0 Å². The molecule has 1 atom stereocenters. The van der Waals surface area contributed by atoms with Gasteiger partial charge >= 0.3 is 0 Å². The maximum absolute atomic E-state index is 13.6. The van der Waals surface area contributed by atoms with Crippen molar-refractivity contribution in [2.75, 3.05) is 0 Å². The van der Waals surface area contributed by atoms with E-state index in [9.17, 15) is 4.39 Å². The lowest BCUT2D eigenvalue weighted by atomic mass is 9.99. The predicted molar refractivity (Wildman–Crippen MR) is 66.6 cm³/mol. The van der Waals surface area contributed by atoms with Gasteiger partial charge in [-0.25, -0.2) is 4.39 Å². The maximum atomic E-state index is 13.6. The second-order valence-corrected chi connectivity index (χ2v) is 4.47. The first-order valence-corrected chi connectivity index (χ1v) is 5.73. The summed E-state index contributed by atoms with van der Waals surface area (Å²) >= 11 is 3.31. The first-order valence-electron chi connectivity index (χ1n) is 4.94.